The van der Waals surface area contributed by atoms with E-state index in [0.717, 1.165) is 39.7 Å². The van der Waals surface area contributed by atoms with E-state index in [1.807, 2.05) is 30.3 Å². The number of nitrogens with zero attached hydrogens (tertiary/aromatic N) is 3. The second kappa shape index (κ2) is 10.1. The minimum absolute atomic E-state index is 0.475. The van der Waals surface area contributed by atoms with Crippen LogP contribution in [0, 0.1) is 11.6 Å². The number of rotatable bonds is 7. The highest BCUT2D eigenvalue weighted by Crippen LogP contribution is 2.43. The third-order valence-electron chi connectivity index (χ3n) is 6.65. The van der Waals surface area contributed by atoms with Crippen LogP contribution in [-0.2, 0) is 16.4 Å². The van der Waals surface area contributed by atoms with Crippen molar-refractivity contribution in [2.45, 2.75) is 6.42 Å². The summed E-state index contributed by atoms with van der Waals surface area (Å²) in [5.74, 6) is -0.511. The first-order chi connectivity index (χ1) is 17.3. The van der Waals surface area contributed by atoms with Gasteiger partial charge in [0.1, 0.15) is 24.0 Å². The Morgan fingerprint density at radius 2 is 1.72 bits per heavy atom. The molecule has 188 valence electrons. The first-order valence-electron chi connectivity index (χ1n) is 11.8. The first-order valence-corrected chi connectivity index (χ1v) is 13.7. The second-order valence-electron chi connectivity index (χ2n) is 9.10. The normalized spacial score (nSPS) is 16.9. The van der Waals surface area contributed by atoms with Crippen LogP contribution in [0.4, 0.5) is 8.78 Å². The Morgan fingerprint density at radius 3 is 2.39 bits per heavy atom. The molecule has 1 saturated heterocycles. The van der Waals surface area contributed by atoms with E-state index in [2.05, 4.69) is 9.88 Å². The molecular formula is C27H27F2N3O3S. The number of fused-ring (bicyclic) bond motifs is 1. The molecule has 36 heavy (non-hydrogen) atoms. The van der Waals surface area contributed by atoms with E-state index in [0.29, 0.717) is 51.3 Å². The molecular weight excluding hydrogens is 484 g/mol. The van der Waals surface area contributed by atoms with Crippen molar-refractivity contribution < 1.29 is 21.9 Å². The van der Waals surface area contributed by atoms with Gasteiger partial charge in [0.25, 0.3) is 0 Å². The Morgan fingerprint density at radius 1 is 0.972 bits per heavy atom. The zero-order chi connectivity index (χ0) is 25.3. The van der Waals surface area contributed by atoms with Gasteiger partial charge >= 0.3 is 0 Å². The summed E-state index contributed by atoms with van der Waals surface area (Å²) in [6, 6.07) is 13.2. The minimum atomic E-state index is -3.15. The maximum absolute atomic E-state index is 14.1. The molecule has 0 radical (unpaired) electrons. The molecule has 1 aliphatic carbocycles. The third kappa shape index (κ3) is 5.33. The van der Waals surface area contributed by atoms with Crippen molar-refractivity contribution in [3.8, 4) is 5.75 Å². The van der Waals surface area contributed by atoms with E-state index < -0.39 is 21.7 Å². The van der Waals surface area contributed by atoms with Crippen LogP contribution < -0.4 is 4.74 Å². The molecule has 2 heterocycles. The standard InChI is InChI=1S/C27H27F2N3O3S/c1-36(33,34)32-9-7-31(8-10-32)11-12-35-24-4-5-25-20(15-24)16-26(19-3-2-6-30-18-19)27(25)21-13-22(28)17-23(29)14-21/h2-6,13-15,17-18H,7-12,16H2,1H3. The van der Waals surface area contributed by atoms with Gasteiger partial charge in [-0.1, -0.05) is 12.1 Å². The van der Waals surface area contributed by atoms with Gasteiger partial charge in [0.05, 0.1) is 6.26 Å². The Labute approximate surface area is 209 Å². The number of hydrogen-bond donors (Lipinski definition) is 0. The Bertz CT molecular complexity index is 1380. The van der Waals surface area contributed by atoms with Gasteiger partial charge in [-0.25, -0.2) is 17.2 Å². The number of halogens is 2. The van der Waals surface area contributed by atoms with Crippen molar-refractivity contribution in [1.29, 1.82) is 0 Å². The molecule has 0 N–H and O–H groups in total. The van der Waals surface area contributed by atoms with Gasteiger partial charge in [-0.05, 0) is 70.2 Å². The molecule has 2 aliphatic rings. The highest BCUT2D eigenvalue weighted by atomic mass is 32.2. The molecule has 0 amide bonds. The van der Waals surface area contributed by atoms with Gasteiger partial charge in [0, 0.05) is 51.2 Å². The summed E-state index contributed by atoms with van der Waals surface area (Å²) < 4.78 is 59.1. The van der Waals surface area contributed by atoms with Crippen LogP contribution in [0.2, 0.25) is 0 Å². The van der Waals surface area contributed by atoms with Crippen LogP contribution in [0.1, 0.15) is 22.3 Å². The zero-order valence-electron chi connectivity index (χ0n) is 20.0. The Kier molecular flexibility index (Phi) is 6.87. The topological polar surface area (TPSA) is 62.7 Å². The number of aromatic nitrogens is 1. The van der Waals surface area contributed by atoms with Gasteiger partial charge < -0.3 is 4.74 Å². The molecule has 0 atom stereocenters. The lowest BCUT2D eigenvalue weighted by molar-refractivity contribution is 0.159. The second-order valence-corrected chi connectivity index (χ2v) is 11.1. The van der Waals surface area contributed by atoms with Crippen LogP contribution in [0.3, 0.4) is 0 Å². The van der Waals surface area contributed by atoms with Gasteiger partial charge in [-0.3, -0.25) is 9.88 Å². The summed E-state index contributed by atoms with van der Waals surface area (Å²) in [6.07, 6.45) is 5.29. The monoisotopic (exact) mass is 511 g/mol. The van der Waals surface area contributed by atoms with Crippen LogP contribution in [-0.4, -0.2) is 68.2 Å². The van der Waals surface area contributed by atoms with Crippen LogP contribution in [0.5, 0.6) is 5.75 Å². The SMILES string of the molecule is CS(=O)(=O)N1CCN(CCOc2ccc3c(c2)CC(c2cccnc2)=C3c2cc(F)cc(F)c2)CC1. The number of piperazine rings is 1. The average Bonchev–Trinajstić information content (AvgIpc) is 3.23. The van der Waals surface area contributed by atoms with Gasteiger partial charge in [0.15, 0.2) is 0 Å². The Balaban J connectivity index is 1.32. The number of hydrogen-bond acceptors (Lipinski definition) is 5. The quantitative estimate of drug-likeness (QED) is 0.483. The van der Waals surface area contributed by atoms with Gasteiger partial charge in [-0.15, -0.1) is 0 Å². The zero-order valence-corrected chi connectivity index (χ0v) is 20.8. The van der Waals surface area contributed by atoms with Crippen molar-refractivity contribution in [3.05, 3.63) is 94.8 Å². The molecule has 1 fully saturated rings. The Hall–Kier alpha value is -3.14. The molecule has 1 aliphatic heterocycles. The third-order valence-corrected chi connectivity index (χ3v) is 7.96. The lowest BCUT2D eigenvalue weighted by atomic mass is 9.95. The highest BCUT2D eigenvalue weighted by Gasteiger charge is 2.26. The van der Waals surface area contributed by atoms with Crippen LogP contribution in [0.25, 0.3) is 11.1 Å². The average molecular weight is 512 g/mol. The molecule has 6 nitrogen and oxygen atoms in total. The summed E-state index contributed by atoms with van der Waals surface area (Å²) in [7, 11) is -3.15. The molecule has 0 unspecified atom stereocenters. The predicted molar refractivity (Wildman–Crippen MR) is 135 cm³/mol. The van der Waals surface area contributed by atoms with Crippen molar-refractivity contribution in [1.82, 2.24) is 14.2 Å². The summed E-state index contributed by atoms with van der Waals surface area (Å²) in [5.41, 5.74) is 5.10. The fraction of sp³-hybridized carbons (Fsp3) is 0.296. The van der Waals surface area contributed by atoms with Gasteiger partial charge in [-0.2, -0.15) is 4.31 Å². The van der Waals surface area contributed by atoms with Crippen molar-refractivity contribution >= 4 is 21.2 Å². The largest absolute Gasteiger partial charge is 0.492 e. The minimum Gasteiger partial charge on any atom is -0.492 e. The van der Waals surface area contributed by atoms with E-state index in [1.165, 1.54) is 22.7 Å². The summed E-state index contributed by atoms with van der Waals surface area (Å²) >= 11 is 0. The van der Waals surface area contributed by atoms with Gasteiger partial charge in [0.2, 0.25) is 10.0 Å². The smallest absolute Gasteiger partial charge is 0.211 e. The number of pyridine rings is 1. The van der Waals surface area contributed by atoms with Crippen molar-refractivity contribution in [3.63, 3.8) is 0 Å². The predicted octanol–water partition coefficient (Wildman–Crippen LogP) is 3.83. The molecule has 5 rings (SSSR count). The number of benzene rings is 2. The first kappa shape index (κ1) is 24.5. The van der Waals surface area contributed by atoms with E-state index in [4.69, 9.17) is 4.74 Å². The van der Waals surface area contributed by atoms with Crippen molar-refractivity contribution in [2.75, 3.05) is 45.6 Å². The number of allylic oxidation sites excluding steroid dienone is 1. The molecule has 0 spiro atoms. The van der Waals surface area contributed by atoms with Crippen molar-refractivity contribution in [2.24, 2.45) is 0 Å². The molecule has 0 saturated carbocycles. The van der Waals surface area contributed by atoms with Crippen LogP contribution in [0.15, 0.2) is 60.9 Å². The molecule has 3 aromatic rings. The molecule has 9 heteroatoms. The maximum atomic E-state index is 14.1. The fourth-order valence-electron chi connectivity index (χ4n) is 4.88. The van der Waals surface area contributed by atoms with E-state index >= 15 is 0 Å². The summed E-state index contributed by atoms with van der Waals surface area (Å²) in [5, 5.41) is 0. The summed E-state index contributed by atoms with van der Waals surface area (Å²) in [6.45, 7) is 3.50. The number of sulfonamides is 1. The lowest BCUT2D eigenvalue weighted by Crippen LogP contribution is -2.49. The molecule has 0 bridgehead atoms. The number of ether oxygens (including phenoxy) is 1. The van der Waals surface area contributed by atoms with Crippen LogP contribution >= 0.6 is 0 Å². The maximum Gasteiger partial charge on any atom is 0.211 e. The summed E-state index contributed by atoms with van der Waals surface area (Å²) in [4.78, 5) is 6.42. The van der Waals surface area contributed by atoms with E-state index in [9.17, 15) is 17.2 Å². The molecule has 1 aromatic heterocycles. The lowest BCUT2D eigenvalue weighted by Gasteiger charge is -2.33. The fourth-order valence-corrected chi connectivity index (χ4v) is 5.71. The highest BCUT2D eigenvalue weighted by molar-refractivity contribution is 7.88. The van der Waals surface area contributed by atoms with E-state index in [-0.39, 0.29) is 0 Å². The molecule has 2 aromatic carbocycles. The van der Waals surface area contributed by atoms with E-state index in [1.54, 1.807) is 12.4 Å².